The number of hydrogen-bond acceptors (Lipinski definition) is 5. The van der Waals surface area contributed by atoms with Crippen molar-refractivity contribution < 1.29 is 19.1 Å². The van der Waals surface area contributed by atoms with Crippen LogP contribution >= 0.6 is 0 Å². The number of hydrogen-bond donors (Lipinski definition) is 1. The largest absolute Gasteiger partial charge is 0.496 e. The van der Waals surface area contributed by atoms with E-state index in [1.807, 2.05) is 39.2 Å². The van der Waals surface area contributed by atoms with E-state index in [2.05, 4.69) is 10.1 Å². The number of carbonyl (C=O) groups is 2. The number of nitrogens with zero attached hydrogens (tertiary/aromatic N) is 1. The highest BCUT2D eigenvalue weighted by Crippen LogP contribution is 2.25. The molecule has 0 spiro atoms. The molecule has 2 unspecified atom stereocenters. The number of nitrogens with one attached hydrogen (secondary N) is 1. The minimum atomic E-state index is -0.695. The van der Waals surface area contributed by atoms with E-state index in [1.165, 1.54) is 7.11 Å². The van der Waals surface area contributed by atoms with Crippen LogP contribution in [-0.4, -0.2) is 51.1 Å². The maximum absolute atomic E-state index is 12.5. The second-order valence-corrected chi connectivity index (χ2v) is 5.35. The van der Waals surface area contributed by atoms with Gasteiger partial charge in [-0.05, 0) is 45.1 Å². The Balaban J connectivity index is 3.01. The van der Waals surface area contributed by atoms with Gasteiger partial charge in [0, 0.05) is 0 Å². The van der Waals surface area contributed by atoms with Crippen molar-refractivity contribution in [2.75, 3.05) is 28.3 Å². The van der Waals surface area contributed by atoms with Crippen LogP contribution in [0.15, 0.2) is 18.2 Å². The molecule has 0 fully saturated rings. The molecule has 0 bridgehead atoms. The smallest absolute Gasteiger partial charge is 0.328 e. The van der Waals surface area contributed by atoms with E-state index >= 15 is 0 Å². The summed E-state index contributed by atoms with van der Waals surface area (Å²) in [4.78, 5) is 25.7. The zero-order valence-corrected chi connectivity index (χ0v) is 14.0. The Morgan fingerprint density at radius 3 is 2.32 bits per heavy atom. The quantitative estimate of drug-likeness (QED) is 0.802. The molecule has 0 saturated heterocycles. The van der Waals surface area contributed by atoms with E-state index in [-0.39, 0.29) is 5.91 Å². The summed E-state index contributed by atoms with van der Waals surface area (Å²) in [5, 5.41) is 2.67. The number of likely N-dealkylation sites (N-methyl/N-ethyl adjacent to an activating group) is 1. The van der Waals surface area contributed by atoms with Crippen molar-refractivity contribution >= 4 is 11.9 Å². The topological polar surface area (TPSA) is 67.9 Å². The van der Waals surface area contributed by atoms with Crippen molar-refractivity contribution in [3.8, 4) is 5.75 Å². The minimum Gasteiger partial charge on any atom is -0.496 e. The predicted molar refractivity (Wildman–Crippen MR) is 83.8 cm³/mol. The molecule has 22 heavy (non-hydrogen) atoms. The molecule has 1 aromatic rings. The van der Waals surface area contributed by atoms with E-state index in [1.54, 1.807) is 18.9 Å². The van der Waals surface area contributed by atoms with Gasteiger partial charge in [-0.2, -0.15) is 0 Å². The highest BCUT2D eigenvalue weighted by molar-refractivity contribution is 5.88. The summed E-state index contributed by atoms with van der Waals surface area (Å²) in [6.07, 6.45) is 0. The van der Waals surface area contributed by atoms with Crippen molar-refractivity contribution in [2.45, 2.75) is 25.9 Å². The normalized spacial score (nSPS) is 13.4. The van der Waals surface area contributed by atoms with Crippen molar-refractivity contribution in [3.63, 3.8) is 0 Å². The highest BCUT2D eigenvalue weighted by atomic mass is 16.5. The van der Waals surface area contributed by atoms with Crippen LogP contribution in [0, 0.1) is 6.92 Å². The lowest BCUT2D eigenvalue weighted by atomic mass is 10.0. The van der Waals surface area contributed by atoms with Gasteiger partial charge in [-0.15, -0.1) is 0 Å². The molecule has 2 atom stereocenters. The molecular weight excluding hydrogens is 284 g/mol. The molecule has 0 heterocycles. The standard InChI is InChI=1S/C16H24N2O4/c1-10-9-12(7-8-13(10)21-5)14(18(3)4)15(19)17-11(2)16(20)22-6/h7-9,11,14H,1-6H3,(H,17,19). The summed E-state index contributed by atoms with van der Waals surface area (Å²) in [5.74, 6) is 0.0360. The number of amides is 1. The van der Waals surface area contributed by atoms with Gasteiger partial charge in [0.25, 0.3) is 0 Å². The SMILES string of the molecule is COC(=O)C(C)NC(=O)C(c1ccc(OC)c(C)c1)N(C)C. The average Bonchev–Trinajstić information content (AvgIpc) is 2.46. The Bertz CT molecular complexity index is 543. The van der Waals surface area contributed by atoms with Crippen LogP contribution in [0.4, 0.5) is 0 Å². The molecule has 1 N–H and O–H groups in total. The molecule has 1 aromatic carbocycles. The number of benzene rings is 1. The van der Waals surface area contributed by atoms with E-state index in [0.29, 0.717) is 0 Å². The second-order valence-electron chi connectivity index (χ2n) is 5.35. The summed E-state index contributed by atoms with van der Waals surface area (Å²) < 4.78 is 9.86. The third-order valence-electron chi connectivity index (χ3n) is 3.41. The van der Waals surface area contributed by atoms with E-state index < -0.39 is 18.1 Å². The third kappa shape index (κ3) is 4.21. The maximum Gasteiger partial charge on any atom is 0.328 e. The van der Waals surface area contributed by atoms with Crippen molar-refractivity contribution in [1.82, 2.24) is 10.2 Å². The number of methoxy groups -OCH3 is 2. The molecule has 1 amide bonds. The van der Waals surface area contributed by atoms with Crippen LogP contribution in [-0.2, 0) is 14.3 Å². The fourth-order valence-corrected chi connectivity index (χ4v) is 2.28. The highest BCUT2D eigenvalue weighted by Gasteiger charge is 2.26. The van der Waals surface area contributed by atoms with Crippen molar-refractivity contribution in [2.24, 2.45) is 0 Å². The van der Waals surface area contributed by atoms with Gasteiger partial charge in [-0.3, -0.25) is 9.69 Å². The molecule has 0 saturated carbocycles. The van der Waals surface area contributed by atoms with Crippen molar-refractivity contribution in [1.29, 1.82) is 0 Å². The van der Waals surface area contributed by atoms with Crippen LogP contribution in [0.5, 0.6) is 5.75 Å². The average molecular weight is 308 g/mol. The molecule has 0 aliphatic rings. The molecule has 0 aliphatic carbocycles. The fraction of sp³-hybridized carbons (Fsp3) is 0.500. The number of carbonyl (C=O) groups excluding carboxylic acids is 2. The lowest BCUT2D eigenvalue weighted by Gasteiger charge is -2.25. The van der Waals surface area contributed by atoms with E-state index in [0.717, 1.165) is 16.9 Å². The van der Waals surface area contributed by atoms with Crippen molar-refractivity contribution in [3.05, 3.63) is 29.3 Å². The predicted octanol–water partition coefficient (Wildman–Crippen LogP) is 1.28. The first-order chi connectivity index (χ1) is 10.3. The summed E-state index contributed by atoms with van der Waals surface area (Å²) in [6, 6.07) is 4.39. The molecule has 0 aliphatic heterocycles. The van der Waals surface area contributed by atoms with E-state index in [4.69, 9.17) is 4.74 Å². The monoisotopic (exact) mass is 308 g/mol. The number of esters is 1. The van der Waals surface area contributed by atoms with Gasteiger partial charge < -0.3 is 14.8 Å². The van der Waals surface area contributed by atoms with Crippen LogP contribution in [0.25, 0.3) is 0 Å². The third-order valence-corrected chi connectivity index (χ3v) is 3.41. The maximum atomic E-state index is 12.5. The zero-order chi connectivity index (χ0) is 16.9. The number of ether oxygens (including phenoxy) is 2. The first-order valence-electron chi connectivity index (χ1n) is 7.01. The summed E-state index contributed by atoms with van der Waals surface area (Å²) >= 11 is 0. The Kier molecular flexibility index (Phi) is 6.37. The Hall–Kier alpha value is -2.08. The lowest BCUT2D eigenvalue weighted by molar-refractivity contribution is -0.145. The van der Waals surface area contributed by atoms with Crippen LogP contribution in [0.1, 0.15) is 24.1 Å². The van der Waals surface area contributed by atoms with Crippen LogP contribution in [0.2, 0.25) is 0 Å². The summed E-state index contributed by atoms with van der Waals surface area (Å²) in [7, 11) is 6.52. The van der Waals surface area contributed by atoms with Gasteiger partial charge >= 0.3 is 5.97 Å². The Morgan fingerprint density at radius 2 is 1.86 bits per heavy atom. The summed E-state index contributed by atoms with van der Waals surface area (Å²) in [5.41, 5.74) is 1.78. The van der Waals surface area contributed by atoms with Gasteiger partial charge in [0.05, 0.1) is 14.2 Å². The van der Waals surface area contributed by atoms with Gasteiger partial charge in [0.15, 0.2) is 0 Å². The van der Waals surface area contributed by atoms with Gasteiger partial charge in [-0.1, -0.05) is 12.1 Å². The molecule has 6 nitrogen and oxygen atoms in total. The van der Waals surface area contributed by atoms with Crippen LogP contribution < -0.4 is 10.1 Å². The Labute approximate surface area is 131 Å². The van der Waals surface area contributed by atoms with Gasteiger partial charge in [0.1, 0.15) is 17.8 Å². The zero-order valence-electron chi connectivity index (χ0n) is 14.0. The van der Waals surface area contributed by atoms with Gasteiger partial charge in [-0.25, -0.2) is 4.79 Å². The van der Waals surface area contributed by atoms with E-state index in [9.17, 15) is 9.59 Å². The number of rotatable bonds is 6. The molecule has 0 aromatic heterocycles. The molecule has 0 radical (unpaired) electrons. The molecular formula is C16H24N2O4. The minimum absolute atomic E-state index is 0.257. The first-order valence-corrected chi connectivity index (χ1v) is 7.01. The first kappa shape index (κ1) is 18.0. The Morgan fingerprint density at radius 1 is 1.23 bits per heavy atom. The molecule has 6 heteroatoms. The second kappa shape index (κ2) is 7.79. The van der Waals surface area contributed by atoms with Crippen LogP contribution in [0.3, 0.4) is 0 Å². The summed E-state index contributed by atoms with van der Waals surface area (Å²) in [6.45, 7) is 3.51. The lowest BCUT2D eigenvalue weighted by Crippen LogP contribution is -2.44. The number of aryl methyl sites for hydroxylation is 1. The van der Waals surface area contributed by atoms with Gasteiger partial charge in [0.2, 0.25) is 5.91 Å². The molecule has 1 rings (SSSR count). The fourth-order valence-electron chi connectivity index (χ4n) is 2.28. The molecule has 122 valence electrons.